The third kappa shape index (κ3) is 6.24. The van der Waals surface area contributed by atoms with Crippen LogP contribution < -0.4 is 9.62 Å². The molecule has 2 aromatic carbocycles. The number of halogens is 1. The Balaban J connectivity index is 2.26. The van der Waals surface area contributed by atoms with Gasteiger partial charge in [-0.2, -0.15) is 0 Å². The lowest BCUT2D eigenvalue weighted by molar-refractivity contribution is -0.120. The Labute approximate surface area is 172 Å². The summed E-state index contributed by atoms with van der Waals surface area (Å²) in [6, 6.07) is 14.5. The van der Waals surface area contributed by atoms with Crippen molar-refractivity contribution in [3.8, 4) is 0 Å². The molecule has 5 nitrogen and oxygen atoms in total. The molecule has 0 radical (unpaired) electrons. The second-order valence-electron chi connectivity index (χ2n) is 7.36. The number of hydrogen-bond acceptors (Lipinski definition) is 3. The summed E-state index contributed by atoms with van der Waals surface area (Å²) in [5.74, 6) is 0.00555. The van der Waals surface area contributed by atoms with Crippen LogP contribution in [0.4, 0.5) is 5.69 Å². The predicted octanol–water partition coefficient (Wildman–Crippen LogP) is 4.32. The Morgan fingerprint density at radius 2 is 1.79 bits per heavy atom. The van der Waals surface area contributed by atoms with Crippen LogP contribution in [-0.2, 0) is 14.8 Å². The fourth-order valence-corrected chi connectivity index (χ4v) is 4.11. The standard InChI is InChI=1S/C21H27ClN2O3S/c1-15(2)12-19(17-8-6-5-7-9-17)23-21(25)14-24(28(4,26)27)20-13-18(22)11-10-16(20)3/h5-11,13,15,19H,12,14H2,1-4H3,(H,23,25)/t19-/m1/s1. The second kappa shape index (κ2) is 9.43. The van der Waals surface area contributed by atoms with Gasteiger partial charge in [-0.15, -0.1) is 0 Å². The van der Waals surface area contributed by atoms with Crippen molar-refractivity contribution in [2.75, 3.05) is 17.1 Å². The van der Waals surface area contributed by atoms with E-state index in [2.05, 4.69) is 19.2 Å². The van der Waals surface area contributed by atoms with Gasteiger partial charge in [-0.05, 0) is 42.5 Å². The number of hydrogen-bond donors (Lipinski definition) is 1. The van der Waals surface area contributed by atoms with Crippen molar-refractivity contribution in [3.05, 3.63) is 64.7 Å². The van der Waals surface area contributed by atoms with Gasteiger partial charge < -0.3 is 5.32 Å². The zero-order valence-electron chi connectivity index (χ0n) is 16.6. The maximum Gasteiger partial charge on any atom is 0.241 e. The van der Waals surface area contributed by atoms with E-state index in [4.69, 9.17) is 11.6 Å². The number of amides is 1. The Morgan fingerprint density at radius 3 is 2.36 bits per heavy atom. The minimum atomic E-state index is -3.66. The van der Waals surface area contributed by atoms with Gasteiger partial charge in [0, 0.05) is 5.02 Å². The molecular weight excluding hydrogens is 396 g/mol. The number of anilines is 1. The van der Waals surface area contributed by atoms with Crippen LogP contribution in [0, 0.1) is 12.8 Å². The topological polar surface area (TPSA) is 66.5 Å². The average Bonchev–Trinajstić information content (AvgIpc) is 2.61. The molecule has 1 N–H and O–H groups in total. The Kier molecular flexibility index (Phi) is 7.49. The second-order valence-corrected chi connectivity index (χ2v) is 9.70. The summed E-state index contributed by atoms with van der Waals surface area (Å²) in [7, 11) is -3.66. The van der Waals surface area contributed by atoms with Gasteiger partial charge in [-0.25, -0.2) is 8.42 Å². The van der Waals surface area contributed by atoms with Crippen molar-refractivity contribution >= 4 is 33.2 Å². The van der Waals surface area contributed by atoms with Gasteiger partial charge in [-0.3, -0.25) is 9.10 Å². The first-order valence-electron chi connectivity index (χ1n) is 9.16. The van der Waals surface area contributed by atoms with Crippen LogP contribution in [-0.4, -0.2) is 27.1 Å². The molecule has 0 aliphatic rings. The molecule has 1 amide bonds. The molecule has 2 rings (SSSR count). The third-order valence-corrected chi connectivity index (χ3v) is 5.73. The van der Waals surface area contributed by atoms with E-state index in [1.165, 1.54) is 0 Å². The highest BCUT2D eigenvalue weighted by Crippen LogP contribution is 2.26. The number of benzene rings is 2. The van der Waals surface area contributed by atoms with E-state index in [0.717, 1.165) is 28.1 Å². The third-order valence-electron chi connectivity index (χ3n) is 4.37. The predicted molar refractivity (Wildman–Crippen MR) is 115 cm³/mol. The van der Waals surface area contributed by atoms with Crippen LogP contribution in [0.5, 0.6) is 0 Å². The number of sulfonamides is 1. The van der Waals surface area contributed by atoms with E-state index in [1.54, 1.807) is 25.1 Å². The zero-order valence-corrected chi connectivity index (χ0v) is 18.2. The molecule has 152 valence electrons. The summed E-state index contributed by atoms with van der Waals surface area (Å²) in [6.07, 6.45) is 1.84. The molecule has 7 heteroatoms. The Hall–Kier alpha value is -2.05. The molecule has 2 aromatic rings. The van der Waals surface area contributed by atoms with Crippen LogP contribution >= 0.6 is 11.6 Å². The van der Waals surface area contributed by atoms with E-state index in [1.807, 2.05) is 30.3 Å². The minimum Gasteiger partial charge on any atom is -0.348 e. The van der Waals surface area contributed by atoms with E-state index in [-0.39, 0.29) is 18.5 Å². The number of aryl methyl sites for hydroxylation is 1. The van der Waals surface area contributed by atoms with Crippen molar-refractivity contribution in [1.29, 1.82) is 0 Å². The molecule has 0 saturated carbocycles. The fraction of sp³-hybridized carbons (Fsp3) is 0.381. The van der Waals surface area contributed by atoms with Crippen LogP contribution in [0.3, 0.4) is 0 Å². The fourth-order valence-electron chi connectivity index (χ4n) is 3.04. The largest absolute Gasteiger partial charge is 0.348 e. The molecule has 0 unspecified atom stereocenters. The highest BCUT2D eigenvalue weighted by Gasteiger charge is 2.24. The molecule has 0 aromatic heterocycles. The SMILES string of the molecule is Cc1ccc(Cl)cc1N(CC(=O)N[C@H](CC(C)C)c1ccccc1)S(C)(=O)=O. The van der Waals surface area contributed by atoms with Crippen LogP contribution in [0.25, 0.3) is 0 Å². The van der Waals surface area contributed by atoms with Crippen molar-refractivity contribution in [2.24, 2.45) is 5.92 Å². The minimum absolute atomic E-state index is 0.185. The van der Waals surface area contributed by atoms with E-state index in [9.17, 15) is 13.2 Å². The summed E-state index contributed by atoms with van der Waals surface area (Å²) in [5.41, 5.74) is 2.13. The molecule has 0 heterocycles. The normalized spacial score (nSPS) is 12.6. The maximum absolute atomic E-state index is 12.8. The number of nitrogens with zero attached hydrogens (tertiary/aromatic N) is 1. The average molecular weight is 423 g/mol. The van der Waals surface area contributed by atoms with E-state index < -0.39 is 10.0 Å². The van der Waals surface area contributed by atoms with Crippen molar-refractivity contribution in [2.45, 2.75) is 33.2 Å². The summed E-state index contributed by atoms with van der Waals surface area (Å²) < 4.78 is 25.8. The number of nitrogens with one attached hydrogen (secondary N) is 1. The van der Waals surface area contributed by atoms with Gasteiger partial charge in [0.15, 0.2) is 0 Å². The Morgan fingerprint density at radius 1 is 1.14 bits per heavy atom. The number of carbonyl (C=O) groups excluding carboxylic acids is 1. The van der Waals surface area contributed by atoms with Crippen LogP contribution in [0.1, 0.15) is 37.4 Å². The van der Waals surface area contributed by atoms with Gasteiger partial charge in [0.05, 0.1) is 18.0 Å². The first-order valence-corrected chi connectivity index (χ1v) is 11.4. The zero-order chi connectivity index (χ0) is 20.9. The highest BCUT2D eigenvalue weighted by molar-refractivity contribution is 7.92. The van der Waals surface area contributed by atoms with Crippen LogP contribution in [0.15, 0.2) is 48.5 Å². The van der Waals surface area contributed by atoms with E-state index >= 15 is 0 Å². The monoisotopic (exact) mass is 422 g/mol. The molecule has 0 fully saturated rings. The lowest BCUT2D eigenvalue weighted by Gasteiger charge is -2.26. The highest BCUT2D eigenvalue weighted by atomic mass is 35.5. The molecule has 0 bridgehead atoms. The molecular formula is C21H27ClN2O3S. The molecule has 0 spiro atoms. The van der Waals surface area contributed by atoms with Gasteiger partial charge in [-0.1, -0.05) is 61.8 Å². The Bertz CT molecular complexity index is 915. The van der Waals surface area contributed by atoms with E-state index in [0.29, 0.717) is 16.6 Å². The summed E-state index contributed by atoms with van der Waals surface area (Å²) in [4.78, 5) is 12.8. The van der Waals surface area contributed by atoms with Gasteiger partial charge in [0.2, 0.25) is 15.9 Å². The van der Waals surface area contributed by atoms with Gasteiger partial charge >= 0.3 is 0 Å². The summed E-state index contributed by atoms with van der Waals surface area (Å²) >= 11 is 6.05. The lowest BCUT2D eigenvalue weighted by atomic mass is 9.97. The number of carbonyl (C=O) groups is 1. The van der Waals surface area contributed by atoms with Crippen molar-refractivity contribution in [1.82, 2.24) is 5.32 Å². The van der Waals surface area contributed by atoms with Crippen molar-refractivity contribution in [3.63, 3.8) is 0 Å². The maximum atomic E-state index is 12.8. The smallest absolute Gasteiger partial charge is 0.241 e. The molecule has 1 atom stereocenters. The first-order chi connectivity index (χ1) is 13.1. The first kappa shape index (κ1) is 22.2. The quantitative estimate of drug-likeness (QED) is 0.688. The van der Waals surface area contributed by atoms with Gasteiger partial charge in [0.1, 0.15) is 6.54 Å². The lowest BCUT2D eigenvalue weighted by Crippen LogP contribution is -2.42. The van der Waals surface area contributed by atoms with Crippen LogP contribution in [0.2, 0.25) is 5.02 Å². The summed E-state index contributed by atoms with van der Waals surface area (Å²) in [6.45, 7) is 5.65. The molecule has 0 aliphatic heterocycles. The number of rotatable bonds is 8. The molecule has 0 saturated heterocycles. The molecule has 0 aliphatic carbocycles. The molecule has 28 heavy (non-hydrogen) atoms. The summed E-state index contributed by atoms with van der Waals surface area (Å²) in [5, 5.41) is 3.41. The van der Waals surface area contributed by atoms with Gasteiger partial charge in [0.25, 0.3) is 0 Å². The van der Waals surface area contributed by atoms with Crippen molar-refractivity contribution < 1.29 is 13.2 Å².